The highest BCUT2D eigenvalue weighted by molar-refractivity contribution is 7.16. The Labute approximate surface area is 194 Å². The van der Waals surface area contributed by atoms with Gasteiger partial charge in [0.15, 0.2) is 11.5 Å². The molecule has 0 spiro atoms. The highest BCUT2D eigenvalue weighted by Crippen LogP contribution is 2.40. The summed E-state index contributed by atoms with van der Waals surface area (Å²) in [6.07, 6.45) is 0.544. The highest BCUT2D eigenvalue weighted by atomic mass is 32.1. The first-order chi connectivity index (χ1) is 16.0. The van der Waals surface area contributed by atoms with E-state index in [4.69, 9.17) is 14.2 Å². The van der Waals surface area contributed by atoms with Crippen molar-refractivity contribution in [2.45, 2.75) is 19.1 Å². The molecule has 0 aliphatic carbocycles. The number of carbonyl (C=O) groups is 2. The second-order valence-corrected chi connectivity index (χ2v) is 9.38. The van der Waals surface area contributed by atoms with Crippen molar-refractivity contribution in [1.82, 2.24) is 10.2 Å². The van der Waals surface area contributed by atoms with Gasteiger partial charge in [0, 0.05) is 18.0 Å². The minimum absolute atomic E-state index is 0.0471. The molecule has 3 aliphatic rings. The number of nitrogens with zero attached hydrogens (tertiary/aromatic N) is 1. The van der Waals surface area contributed by atoms with Gasteiger partial charge in [-0.3, -0.25) is 4.79 Å². The van der Waals surface area contributed by atoms with Crippen LogP contribution in [-0.4, -0.2) is 37.2 Å². The fourth-order valence-corrected chi connectivity index (χ4v) is 5.68. The molecule has 3 aromatic rings. The maximum absolute atomic E-state index is 12.9. The van der Waals surface area contributed by atoms with Gasteiger partial charge in [0.1, 0.15) is 16.9 Å². The third-order valence-corrected chi connectivity index (χ3v) is 7.21. The van der Waals surface area contributed by atoms with Crippen molar-refractivity contribution in [3.63, 3.8) is 0 Å². The Balaban J connectivity index is 1.17. The van der Waals surface area contributed by atoms with E-state index in [-0.39, 0.29) is 18.9 Å². The number of thiophene rings is 1. The molecule has 0 fully saturated rings. The second-order valence-electron chi connectivity index (χ2n) is 8.27. The quantitative estimate of drug-likeness (QED) is 0.454. The highest BCUT2D eigenvalue weighted by Gasteiger charge is 2.32. The smallest absolute Gasteiger partial charge is 0.343 e. The van der Waals surface area contributed by atoms with Crippen LogP contribution in [0.2, 0.25) is 0 Å². The molecule has 168 valence electrons. The average Bonchev–Trinajstić information content (AvgIpc) is 3.42. The summed E-state index contributed by atoms with van der Waals surface area (Å²) in [5.41, 5.74) is 3.21. The molecule has 0 unspecified atom stereocenters. The summed E-state index contributed by atoms with van der Waals surface area (Å²) in [5.74, 6) is 1.02. The van der Waals surface area contributed by atoms with Crippen LogP contribution in [0, 0.1) is 0 Å². The number of amides is 1. The monoisotopic (exact) mass is 463 g/mol. The van der Waals surface area contributed by atoms with Gasteiger partial charge >= 0.3 is 5.97 Å². The standard InChI is InChI=1S/C24H21N3O5S/c1-27-9-8-16-19(11-27)33-23-20(16)22(28)25-21(26-23)13-2-5-15(6-3-13)32-24(29)14-4-7-17-18(10-14)31-12-30-17/h2-7,10,21,26H,8-9,11-12H2,1H3,(H,25,28)/t21-/m1/s1. The Morgan fingerprint density at radius 1 is 1.12 bits per heavy atom. The first kappa shape index (κ1) is 20.1. The molecule has 2 aromatic carbocycles. The Morgan fingerprint density at radius 3 is 2.79 bits per heavy atom. The molecule has 4 heterocycles. The second kappa shape index (κ2) is 7.79. The van der Waals surface area contributed by atoms with E-state index in [1.54, 1.807) is 41.7 Å². The van der Waals surface area contributed by atoms with Crippen LogP contribution in [0.5, 0.6) is 17.2 Å². The molecule has 0 bridgehead atoms. The summed E-state index contributed by atoms with van der Waals surface area (Å²) < 4.78 is 16.1. The van der Waals surface area contributed by atoms with Crippen LogP contribution in [-0.2, 0) is 13.0 Å². The van der Waals surface area contributed by atoms with Crippen molar-refractivity contribution in [3.8, 4) is 17.2 Å². The average molecular weight is 464 g/mol. The predicted molar refractivity (Wildman–Crippen MR) is 122 cm³/mol. The SMILES string of the molecule is CN1CCc2c(sc3c2C(=O)N[C@@H](c2ccc(OC(=O)c4ccc5c(c4)OCO5)cc2)N3)C1. The zero-order valence-electron chi connectivity index (χ0n) is 17.8. The van der Waals surface area contributed by atoms with Crippen LogP contribution in [0.1, 0.15) is 42.9 Å². The summed E-state index contributed by atoms with van der Waals surface area (Å²) in [7, 11) is 2.10. The minimum Gasteiger partial charge on any atom is -0.454 e. The van der Waals surface area contributed by atoms with Crippen LogP contribution >= 0.6 is 11.3 Å². The number of fused-ring (bicyclic) bond motifs is 4. The maximum Gasteiger partial charge on any atom is 0.343 e. The number of hydrogen-bond donors (Lipinski definition) is 2. The van der Waals surface area contributed by atoms with Crippen LogP contribution in [0.4, 0.5) is 5.00 Å². The van der Waals surface area contributed by atoms with E-state index in [1.807, 2.05) is 12.1 Å². The molecule has 8 nitrogen and oxygen atoms in total. The van der Waals surface area contributed by atoms with Crippen molar-refractivity contribution < 1.29 is 23.8 Å². The van der Waals surface area contributed by atoms with E-state index in [1.165, 1.54) is 10.4 Å². The number of benzene rings is 2. The normalized spacial score (nSPS) is 18.7. The summed E-state index contributed by atoms with van der Waals surface area (Å²) >= 11 is 1.66. The summed E-state index contributed by atoms with van der Waals surface area (Å²) in [6.45, 7) is 1.98. The lowest BCUT2D eigenvalue weighted by molar-refractivity contribution is 0.0734. The van der Waals surface area contributed by atoms with E-state index in [9.17, 15) is 9.59 Å². The Bertz CT molecular complexity index is 1270. The number of nitrogens with one attached hydrogen (secondary N) is 2. The first-order valence-electron chi connectivity index (χ1n) is 10.7. The van der Waals surface area contributed by atoms with Gasteiger partial charge in [0.2, 0.25) is 6.79 Å². The molecule has 3 aliphatic heterocycles. The van der Waals surface area contributed by atoms with Gasteiger partial charge in [-0.25, -0.2) is 4.79 Å². The van der Waals surface area contributed by atoms with Gasteiger partial charge in [-0.15, -0.1) is 11.3 Å². The number of likely N-dealkylation sites (N-methyl/N-ethyl adjacent to an activating group) is 1. The molecule has 33 heavy (non-hydrogen) atoms. The summed E-state index contributed by atoms with van der Waals surface area (Å²) in [5, 5.41) is 7.43. The van der Waals surface area contributed by atoms with Crippen LogP contribution in [0.3, 0.4) is 0 Å². The Hall–Kier alpha value is -3.56. The third kappa shape index (κ3) is 3.59. The fraction of sp³-hybridized carbons (Fsp3) is 0.250. The van der Waals surface area contributed by atoms with Gasteiger partial charge in [0.25, 0.3) is 5.91 Å². The zero-order chi connectivity index (χ0) is 22.5. The Kier molecular flexibility index (Phi) is 4.74. The molecule has 0 radical (unpaired) electrons. The van der Waals surface area contributed by atoms with Crippen molar-refractivity contribution in [3.05, 3.63) is 69.6 Å². The molecule has 2 N–H and O–H groups in total. The number of carbonyl (C=O) groups excluding carboxylic acids is 2. The van der Waals surface area contributed by atoms with E-state index in [2.05, 4.69) is 22.6 Å². The van der Waals surface area contributed by atoms with Gasteiger partial charge < -0.3 is 29.7 Å². The molecule has 0 saturated carbocycles. The van der Waals surface area contributed by atoms with Crippen molar-refractivity contribution in [2.75, 3.05) is 25.7 Å². The number of esters is 1. The molecular weight excluding hydrogens is 442 g/mol. The lowest BCUT2D eigenvalue weighted by Crippen LogP contribution is -2.38. The topological polar surface area (TPSA) is 89.1 Å². The lowest BCUT2D eigenvalue weighted by Gasteiger charge is -2.27. The molecule has 9 heteroatoms. The van der Waals surface area contributed by atoms with Gasteiger partial charge in [-0.2, -0.15) is 0 Å². The number of hydrogen-bond acceptors (Lipinski definition) is 8. The van der Waals surface area contributed by atoms with Crippen LogP contribution in [0.15, 0.2) is 42.5 Å². The van der Waals surface area contributed by atoms with Gasteiger partial charge in [-0.05, 0) is 54.9 Å². The predicted octanol–water partition coefficient (Wildman–Crippen LogP) is 3.54. The Morgan fingerprint density at radius 2 is 1.94 bits per heavy atom. The van der Waals surface area contributed by atoms with Crippen molar-refractivity contribution in [1.29, 1.82) is 0 Å². The van der Waals surface area contributed by atoms with E-state index in [0.29, 0.717) is 22.8 Å². The number of ether oxygens (including phenoxy) is 3. The lowest BCUT2D eigenvalue weighted by atomic mass is 10.0. The molecule has 1 aromatic heterocycles. The van der Waals surface area contributed by atoms with Gasteiger partial charge in [-0.1, -0.05) is 12.1 Å². The molecule has 6 rings (SSSR count). The molecule has 1 amide bonds. The largest absolute Gasteiger partial charge is 0.454 e. The van der Waals surface area contributed by atoms with E-state index in [0.717, 1.165) is 35.6 Å². The minimum atomic E-state index is -0.482. The van der Waals surface area contributed by atoms with Crippen LogP contribution < -0.4 is 24.8 Å². The van der Waals surface area contributed by atoms with E-state index >= 15 is 0 Å². The molecular formula is C24H21N3O5S. The summed E-state index contributed by atoms with van der Waals surface area (Å²) in [4.78, 5) is 28.9. The molecule has 0 saturated heterocycles. The van der Waals surface area contributed by atoms with Crippen molar-refractivity contribution >= 4 is 28.2 Å². The maximum atomic E-state index is 12.9. The van der Waals surface area contributed by atoms with Crippen molar-refractivity contribution in [2.24, 2.45) is 0 Å². The zero-order valence-corrected chi connectivity index (χ0v) is 18.7. The molecule has 1 atom stereocenters. The number of rotatable bonds is 3. The summed E-state index contributed by atoms with van der Waals surface area (Å²) in [6, 6.07) is 12.1. The fourth-order valence-electron chi connectivity index (χ4n) is 4.33. The number of anilines is 1. The third-order valence-electron chi connectivity index (χ3n) is 6.06. The van der Waals surface area contributed by atoms with Crippen LogP contribution in [0.25, 0.3) is 0 Å². The first-order valence-corrected chi connectivity index (χ1v) is 11.5. The van der Waals surface area contributed by atoms with Gasteiger partial charge in [0.05, 0.1) is 11.1 Å². The van der Waals surface area contributed by atoms with E-state index < -0.39 is 5.97 Å².